The van der Waals surface area contributed by atoms with E-state index in [9.17, 15) is 0 Å². The number of likely N-dealkylation sites (tertiary alicyclic amines) is 1. The SMILES string of the molecule is CN1CCC(CNc2ccc(C#N)c(C#N)c2)CC1. The van der Waals surface area contributed by atoms with Crippen molar-refractivity contribution in [3.8, 4) is 12.1 Å². The molecule has 0 amide bonds. The molecule has 0 bridgehead atoms. The molecule has 0 saturated carbocycles. The summed E-state index contributed by atoms with van der Waals surface area (Å²) in [6, 6.07) is 9.42. The maximum absolute atomic E-state index is 8.99. The van der Waals surface area contributed by atoms with Crippen molar-refractivity contribution in [1.82, 2.24) is 4.90 Å². The van der Waals surface area contributed by atoms with Crippen LogP contribution >= 0.6 is 0 Å². The fraction of sp³-hybridized carbons (Fsp3) is 0.467. The predicted molar refractivity (Wildman–Crippen MR) is 74.6 cm³/mol. The zero-order valence-corrected chi connectivity index (χ0v) is 11.2. The molecule has 0 aromatic heterocycles. The quantitative estimate of drug-likeness (QED) is 0.898. The van der Waals surface area contributed by atoms with Crippen molar-refractivity contribution in [2.45, 2.75) is 12.8 Å². The monoisotopic (exact) mass is 254 g/mol. The largest absolute Gasteiger partial charge is 0.385 e. The normalized spacial score (nSPS) is 16.6. The van der Waals surface area contributed by atoms with Crippen molar-refractivity contribution in [2.24, 2.45) is 5.92 Å². The Hall–Kier alpha value is -2.04. The molecule has 0 radical (unpaired) electrons. The molecule has 4 nitrogen and oxygen atoms in total. The molecule has 1 aliphatic rings. The van der Waals surface area contributed by atoms with Crippen LogP contribution in [0.4, 0.5) is 5.69 Å². The minimum Gasteiger partial charge on any atom is -0.385 e. The summed E-state index contributed by atoms with van der Waals surface area (Å²) in [6.45, 7) is 3.25. The second kappa shape index (κ2) is 6.22. The molecule has 0 aliphatic carbocycles. The molecule has 1 aliphatic heterocycles. The standard InChI is InChI=1S/C15H18N4/c1-19-6-4-12(5-7-19)11-18-15-3-2-13(9-16)14(8-15)10-17/h2-3,8,12,18H,4-7,11H2,1H3. The highest BCUT2D eigenvalue weighted by Gasteiger charge is 2.16. The number of benzene rings is 1. The summed E-state index contributed by atoms with van der Waals surface area (Å²) >= 11 is 0. The smallest absolute Gasteiger partial charge is 0.101 e. The third-order valence-electron chi connectivity index (χ3n) is 3.69. The molecule has 19 heavy (non-hydrogen) atoms. The molecule has 4 heteroatoms. The first-order chi connectivity index (χ1) is 9.22. The summed E-state index contributed by atoms with van der Waals surface area (Å²) in [7, 11) is 2.16. The topological polar surface area (TPSA) is 62.9 Å². The van der Waals surface area contributed by atoms with E-state index in [0.29, 0.717) is 17.0 Å². The summed E-state index contributed by atoms with van der Waals surface area (Å²) < 4.78 is 0. The first-order valence-electron chi connectivity index (χ1n) is 6.59. The van der Waals surface area contributed by atoms with Gasteiger partial charge in [-0.15, -0.1) is 0 Å². The second-order valence-electron chi connectivity index (χ2n) is 5.11. The maximum Gasteiger partial charge on any atom is 0.101 e. The number of anilines is 1. The first-order valence-corrected chi connectivity index (χ1v) is 6.59. The molecule has 1 heterocycles. The van der Waals surface area contributed by atoms with Crippen LogP contribution in [0.5, 0.6) is 0 Å². The van der Waals surface area contributed by atoms with Gasteiger partial charge in [0.2, 0.25) is 0 Å². The van der Waals surface area contributed by atoms with Gasteiger partial charge in [0, 0.05) is 12.2 Å². The Morgan fingerprint density at radius 1 is 1.21 bits per heavy atom. The van der Waals surface area contributed by atoms with Gasteiger partial charge < -0.3 is 10.2 Å². The van der Waals surface area contributed by atoms with Gasteiger partial charge in [0.25, 0.3) is 0 Å². The van der Waals surface area contributed by atoms with Gasteiger partial charge in [0.1, 0.15) is 12.1 Å². The van der Waals surface area contributed by atoms with E-state index < -0.39 is 0 Å². The Morgan fingerprint density at radius 2 is 1.89 bits per heavy atom. The first kappa shape index (κ1) is 13.4. The van der Waals surface area contributed by atoms with E-state index in [2.05, 4.69) is 23.3 Å². The van der Waals surface area contributed by atoms with Gasteiger partial charge in [-0.05, 0) is 57.1 Å². The number of hydrogen-bond acceptors (Lipinski definition) is 4. The minimum atomic E-state index is 0.437. The van der Waals surface area contributed by atoms with E-state index in [0.717, 1.165) is 25.3 Å². The van der Waals surface area contributed by atoms with Gasteiger partial charge in [-0.2, -0.15) is 10.5 Å². The lowest BCUT2D eigenvalue weighted by Gasteiger charge is -2.29. The van der Waals surface area contributed by atoms with Gasteiger partial charge in [-0.3, -0.25) is 0 Å². The predicted octanol–water partition coefficient (Wildman–Crippen LogP) is 2.18. The molecule has 0 spiro atoms. The number of nitriles is 2. The number of hydrogen-bond donors (Lipinski definition) is 1. The van der Waals surface area contributed by atoms with Crippen molar-refractivity contribution in [1.29, 1.82) is 10.5 Å². The molecular formula is C15H18N4. The molecule has 0 atom stereocenters. The Bertz CT molecular complexity index is 516. The number of piperidine rings is 1. The van der Waals surface area contributed by atoms with Crippen LogP contribution in [0.3, 0.4) is 0 Å². The van der Waals surface area contributed by atoms with E-state index in [1.54, 1.807) is 12.1 Å². The van der Waals surface area contributed by atoms with Crippen LogP contribution in [0.15, 0.2) is 18.2 Å². The summed E-state index contributed by atoms with van der Waals surface area (Å²) in [5, 5.41) is 21.2. The van der Waals surface area contributed by atoms with Crippen molar-refractivity contribution in [3.05, 3.63) is 29.3 Å². The molecule has 1 fully saturated rings. The van der Waals surface area contributed by atoms with E-state index in [-0.39, 0.29) is 0 Å². The maximum atomic E-state index is 8.99. The number of rotatable bonds is 3. The lowest BCUT2D eigenvalue weighted by atomic mass is 9.97. The number of nitrogens with zero attached hydrogens (tertiary/aromatic N) is 3. The van der Waals surface area contributed by atoms with Crippen LogP contribution in [-0.2, 0) is 0 Å². The van der Waals surface area contributed by atoms with Crippen LogP contribution < -0.4 is 5.32 Å². The molecule has 0 unspecified atom stereocenters. The molecular weight excluding hydrogens is 236 g/mol. The minimum absolute atomic E-state index is 0.437. The zero-order valence-electron chi connectivity index (χ0n) is 11.2. The lowest BCUT2D eigenvalue weighted by Crippen LogP contribution is -2.32. The Labute approximate surface area is 114 Å². The summed E-state index contributed by atoms with van der Waals surface area (Å²) in [5.41, 5.74) is 1.80. The highest BCUT2D eigenvalue weighted by Crippen LogP contribution is 2.19. The molecule has 1 aromatic carbocycles. The van der Waals surface area contributed by atoms with Crippen LogP contribution in [-0.4, -0.2) is 31.6 Å². The van der Waals surface area contributed by atoms with Crippen LogP contribution in [0.2, 0.25) is 0 Å². The molecule has 1 saturated heterocycles. The van der Waals surface area contributed by atoms with Gasteiger partial charge in [-0.1, -0.05) is 0 Å². The van der Waals surface area contributed by atoms with E-state index in [1.807, 2.05) is 12.1 Å². The average molecular weight is 254 g/mol. The molecule has 1 N–H and O–H groups in total. The summed E-state index contributed by atoms with van der Waals surface area (Å²) in [6.07, 6.45) is 2.43. The highest BCUT2D eigenvalue weighted by atomic mass is 15.1. The fourth-order valence-corrected chi connectivity index (χ4v) is 2.37. The fourth-order valence-electron chi connectivity index (χ4n) is 2.37. The Balaban J connectivity index is 1.93. The van der Waals surface area contributed by atoms with Gasteiger partial charge in [0.05, 0.1) is 11.1 Å². The van der Waals surface area contributed by atoms with Crippen molar-refractivity contribution < 1.29 is 0 Å². The Morgan fingerprint density at radius 3 is 2.53 bits per heavy atom. The average Bonchev–Trinajstić information content (AvgIpc) is 2.46. The molecule has 98 valence electrons. The Kier molecular flexibility index (Phi) is 4.39. The molecule has 2 rings (SSSR count). The van der Waals surface area contributed by atoms with E-state index in [1.165, 1.54) is 12.8 Å². The van der Waals surface area contributed by atoms with Crippen molar-refractivity contribution >= 4 is 5.69 Å². The zero-order chi connectivity index (χ0) is 13.7. The van der Waals surface area contributed by atoms with Crippen molar-refractivity contribution in [3.63, 3.8) is 0 Å². The third kappa shape index (κ3) is 3.47. The third-order valence-corrected chi connectivity index (χ3v) is 3.69. The van der Waals surface area contributed by atoms with Gasteiger partial charge in [0.15, 0.2) is 0 Å². The second-order valence-corrected chi connectivity index (χ2v) is 5.11. The summed E-state index contributed by atoms with van der Waals surface area (Å²) in [5.74, 6) is 0.692. The van der Waals surface area contributed by atoms with Crippen LogP contribution in [0, 0.1) is 28.6 Å². The van der Waals surface area contributed by atoms with Gasteiger partial charge >= 0.3 is 0 Å². The van der Waals surface area contributed by atoms with Crippen LogP contribution in [0.1, 0.15) is 24.0 Å². The van der Waals surface area contributed by atoms with Gasteiger partial charge in [-0.25, -0.2) is 0 Å². The van der Waals surface area contributed by atoms with E-state index >= 15 is 0 Å². The molecule has 1 aromatic rings. The van der Waals surface area contributed by atoms with E-state index in [4.69, 9.17) is 10.5 Å². The highest BCUT2D eigenvalue weighted by molar-refractivity contribution is 5.56. The summed E-state index contributed by atoms with van der Waals surface area (Å²) in [4.78, 5) is 2.35. The van der Waals surface area contributed by atoms with Crippen LogP contribution in [0.25, 0.3) is 0 Å². The van der Waals surface area contributed by atoms with Crippen molar-refractivity contribution in [2.75, 3.05) is 32.0 Å². The number of nitrogens with one attached hydrogen (secondary N) is 1. The lowest BCUT2D eigenvalue weighted by molar-refractivity contribution is 0.226.